The van der Waals surface area contributed by atoms with E-state index >= 15 is 0 Å². The normalized spacial score (nSPS) is 11.3. The number of H-pyrrole nitrogens is 1. The maximum atomic E-state index is 4.44. The second-order valence-electron chi connectivity index (χ2n) is 4.57. The average molecular weight is 319 g/mol. The molecule has 0 aliphatic heterocycles. The Kier molecular flexibility index (Phi) is 3.16. The predicted molar refractivity (Wildman–Crippen MR) is 81.0 cm³/mol. The molecule has 0 atom stereocenters. The third-order valence-electron chi connectivity index (χ3n) is 3.28. The molecule has 0 fully saturated rings. The topological polar surface area (TPSA) is 45.6 Å². The molecular weight excluding hydrogens is 304 g/mol. The zero-order valence-corrected chi connectivity index (χ0v) is 12.5. The van der Waals surface area contributed by atoms with E-state index in [0.29, 0.717) is 0 Å². The summed E-state index contributed by atoms with van der Waals surface area (Å²) in [5.41, 5.74) is 4.37. The zero-order valence-electron chi connectivity index (χ0n) is 10.9. The summed E-state index contributed by atoms with van der Waals surface area (Å²) >= 11 is 3.64. The van der Waals surface area contributed by atoms with E-state index in [2.05, 4.69) is 73.5 Å². The number of aryl methyl sites for hydroxylation is 1. The highest BCUT2D eigenvalue weighted by Crippen LogP contribution is 2.34. The van der Waals surface area contributed by atoms with Crippen LogP contribution in [0.25, 0.3) is 22.2 Å². The highest BCUT2D eigenvalue weighted by Gasteiger charge is 2.16. The number of nitrogens with zero attached hydrogens (tertiary/aromatic N) is 2. The summed E-state index contributed by atoms with van der Waals surface area (Å²) in [7, 11) is 3.98. The molecule has 2 aromatic heterocycles. The first-order chi connectivity index (χ1) is 9.22. The van der Waals surface area contributed by atoms with E-state index in [1.54, 1.807) is 0 Å². The minimum atomic E-state index is 0.762. The maximum Gasteiger partial charge on any atom is 0.109 e. The summed E-state index contributed by atoms with van der Waals surface area (Å²) in [4.78, 5) is 0. The van der Waals surface area contributed by atoms with Gasteiger partial charge in [0.25, 0.3) is 0 Å². The molecule has 2 N–H and O–H groups in total. The maximum absolute atomic E-state index is 4.44. The van der Waals surface area contributed by atoms with Crippen molar-refractivity contribution in [2.24, 2.45) is 7.05 Å². The van der Waals surface area contributed by atoms with Gasteiger partial charge in [-0.2, -0.15) is 5.10 Å². The number of halogens is 1. The van der Waals surface area contributed by atoms with Gasteiger partial charge in [0, 0.05) is 36.3 Å². The first kappa shape index (κ1) is 12.4. The van der Waals surface area contributed by atoms with Gasteiger partial charge in [0.15, 0.2) is 0 Å². The van der Waals surface area contributed by atoms with Crippen LogP contribution in [0.5, 0.6) is 0 Å². The number of nitrogens with one attached hydrogen (secondary N) is 2. The Morgan fingerprint density at radius 2 is 2.16 bits per heavy atom. The highest BCUT2D eigenvalue weighted by atomic mass is 79.9. The van der Waals surface area contributed by atoms with E-state index in [-0.39, 0.29) is 0 Å². The van der Waals surface area contributed by atoms with Gasteiger partial charge in [0.2, 0.25) is 0 Å². The standard InChI is InChI=1S/C14H15BrN4/c1-16-7-11-13(15)14(18-17-11)10-8-19(2)12-6-4-3-5-9(10)12/h3-6,8,16H,7H2,1-2H3,(H,17,18). The van der Waals surface area contributed by atoms with E-state index in [0.717, 1.165) is 28.0 Å². The molecule has 0 unspecified atom stereocenters. The Balaban J connectivity index is 2.19. The minimum absolute atomic E-state index is 0.762. The van der Waals surface area contributed by atoms with Crippen LogP contribution >= 0.6 is 15.9 Å². The average Bonchev–Trinajstić information content (AvgIpc) is 2.93. The third kappa shape index (κ3) is 1.99. The lowest BCUT2D eigenvalue weighted by molar-refractivity contribution is 0.781. The molecule has 0 spiro atoms. The van der Waals surface area contributed by atoms with Crippen molar-refractivity contribution in [3.05, 3.63) is 40.6 Å². The largest absolute Gasteiger partial charge is 0.350 e. The number of hydrogen-bond acceptors (Lipinski definition) is 2. The van der Waals surface area contributed by atoms with Crippen LogP contribution in [0.4, 0.5) is 0 Å². The highest BCUT2D eigenvalue weighted by molar-refractivity contribution is 9.10. The summed E-state index contributed by atoms with van der Waals surface area (Å²) in [6.45, 7) is 0.762. The number of benzene rings is 1. The van der Waals surface area contributed by atoms with Gasteiger partial charge in [0.1, 0.15) is 5.69 Å². The van der Waals surface area contributed by atoms with Crippen LogP contribution in [-0.4, -0.2) is 21.8 Å². The monoisotopic (exact) mass is 318 g/mol. The number of para-hydroxylation sites is 1. The fourth-order valence-electron chi connectivity index (χ4n) is 2.37. The van der Waals surface area contributed by atoms with Crippen molar-refractivity contribution in [1.29, 1.82) is 0 Å². The molecule has 0 saturated carbocycles. The molecule has 0 saturated heterocycles. The SMILES string of the molecule is CNCc1[nH]nc(-c2cn(C)c3ccccc23)c1Br. The van der Waals surface area contributed by atoms with Crippen molar-refractivity contribution in [2.45, 2.75) is 6.54 Å². The summed E-state index contributed by atoms with van der Waals surface area (Å²) in [5, 5.41) is 11.9. The van der Waals surface area contributed by atoms with Crippen LogP contribution in [0.2, 0.25) is 0 Å². The van der Waals surface area contributed by atoms with Crippen LogP contribution in [0.3, 0.4) is 0 Å². The van der Waals surface area contributed by atoms with E-state index in [4.69, 9.17) is 0 Å². The lowest BCUT2D eigenvalue weighted by atomic mass is 10.1. The smallest absolute Gasteiger partial charge is 0.109 e. The number of fused-ring (bicyclic) bond motifs is 1. The molecule has 3 rings (SSSR count). The van der Waals surface area contributed by atoms with E-state index in [1.165, 1.54) is 10.9 Å². The van der Waals surface area contributed by atoms with Crippen LogP contribution < -0.4 is 5.32 Å². The molecule has 3 aromatic rings. The molecule has 2 heterocycles. The third-order valence-corrected chi connectivity index (χ3v) is 4.14. The van der Waals surface area contributed by atoms with Crippen LogP contribution in [0.15, 0.2) is 34.9 Å². The quantitative estimate of drug-likeness (QED) is 0.779. The molecule has 19 heavy (non-hydrogen) atoms. The van der Waals surface area contributed by atoms with E-state index in [9.17, 15) is 0 Å². The Labute approximate surface area is 119 Å². The van der Waals surface area contributed by atoms with Crippen molar-refractivity contribution in [2.75, 3.05) is 7.05 Å². The van der Waals surface area contributed by atoms with Gasteiger partial charge in [-0.3, -0.25) is 5.10 Å². The van der Waals surface area contributed by atoms with Gasteiger partial charge in [-0.05, 0) is 29.0 Å². The van der Waals surface area contributed by atoms with Gasteiger partial charge < -0.3 is 9.88 Å². The van der Waals surface area contributed by atoms with Crippen molar-refractivity contribution in [1.82, 2.24) is 20.1 Å². The molecule has 0 radical (unpaired) electrons. The predicted octanol–water partition coefficient (Wildman–Crippen LogP) is 3.05. The van der Waals surface area contributed by atoms with Gasteiger partial charge in [0.05, 0.1) is 10.2 Å². The molecular formula is C14H15BrN4. The van der Waals surface area contributed by atoms with Crippen LogP contribution in [-0.2, 0) is 13.6 Å². The second kappa shape index (κ2) is 4.83. The minimum Gasteiger partial charge on any atom is -0.350 e. The van der Waals surface area contributed by atoms with Crippen molar-refractivity contribution < 1.29 is 0 Å². The van der Waals surface area contributed by atoms with Gasteiger partial charge in [-0.15, -0.1) is 0 Å². The number of aromatic nitrogens is 3. The van der Waals surface area contributed by atoms with Gasteiger partial charge >= 0.3 is 0 Å². The first-order valence-electron chi connectivity index (χ1n) is 6.14. The molecule has 0 amide bonds. The molecule has 4 nitrogen and oxygen atoms in total. The van der Waals surface area contributed by atoms with Crippen molar-refractivity contribution in [3.63, 3.8) is 0 Å². The Hall–Kier alpha value is -1.59. The zero-order chi connectivity index (χ0) is 13.4. The van der Waals surface area contributed by atoms with Crippen LogP contribution in [0.1, 0.15) is 5.69 Å². The Morgan fingerprint density at radius 3 is 2.95 bits per heavy atom. The summed E-state index contributed by atoms with van der Waals surface area (Å²) in [6, 6.07) is 8.36. The first-order valence-corrected chi connectivity index (χ1v) is 6.93. The molecule has 1 aromatic carbocycles. The second-order valence-corrected chi connectivity index (χ2v) is 5.36. The molecule has 0 aliphatic carbocycles. The van der Waals surface area contributed by atoms with Crippen LogP contribution in [0, 0.1) is 0 Å². The van der Waals surface area contributed by atoms with Gasteiger partial charge in [-0.1, -0.05) is 18.2 Å². The Bertz CT molecular complexity index is 726. The van der Waals surface area contributed by atoms with Gasteiger partial charge in [-0.25, -0.2) is 0 Å². The van der Waals surface area contributed by atoms with Crippen molar-refractivity contribution >= 4 is 26.8 Å². The molecule has 5 heteroatoms. The molecule has 0 aliphatic rings. The lowest BCUT2D eigenvalue weighted by Gasteiger charge is -1.97. The number of aromatic amines is 1. The van der Waals surface area contributed by atoms with Crippen molar-refractivity contribution in [3.8, 4) is 11.3 Å². The molecule has 0 bridgehead atoms. The Morgan fingerprint density at radius 1 is 1.37 bits per heavy atom. The number of rotatable bonds is 3. The summed E-state index contributed by atoms with van der Waals surface area (Å²) in [5.74, 6) is 0. The van der Waals surface area contributed by atoms with E-state index < -0.39 is 0 Å². The summed E-state index contributed by atoms with van der Waals surface area (Å²) < 4.78 is 3.15. The number of hydrogen-bond donors (Lipinski definition) is 2. The fraction of sp³-hybridized carbons (Fsp3) is 0.214. The molecule has 98 valence electrons. The fourth-order valence-corrected chi connectivity index (χ4v) is 2.90. The van der Waals surface area contributed by atoms with E-state index in [1.807, 2.05) is 7.05 Å². The lowest BCUT2D eigenvalue weighted by Crippen LogP contribution is -2.05. The summed E-state index contributed by atoms with van der Waals surface area (Å²) in [6.07, 6.45) is 2.12.